The van der Waals surface area contributed by atoms with Gasteiger partial charge in [0.2, 0.25) is 23.3 Å². The van der Waals surface area contributed by atoms with E-state index in [1.165, 1.54) is 11.1 Å². The lowest BCUT2D eigenvalue weighted by molar-refractivity contribution is 0.383. The topological polar surface area (TPSA) is 75.6 Å². The third kappa shape index (κ3) is 3.82. The van der Waals surface area contributed by atoms with Crippen molar-refractivity contribution in [1.82, 2.24) is 4.31 Å². The van der Waals surface area contributed by atoms with Crippen LogP contribution in [0.15, 0.2) is 38.0 Å². The van der Waals surface area contributed by atoms with Crippen LogP contribution in [0, 0.1) is 30.2 Å². The van der Waals surface area contributed by atoms with Gasteiger partial charge in [0.15, 0.2) is 11.6 Å². The van der Waals surface area contributed by atoms with Crippen molar-refractivity contribution in [2.45, 2.75) is 19.8 Å². The van der Waals surface area contributed by atoms with Gasteiger partial charge in [-0.1, -0.05) is 24.3 Å². The largest absolute Gasteiger partial charge is 0.417 e. The third-order valence-corrected chi connectivity index (χ3v) is 6.29. The number of nitrogens with two attached hydrogens (primary N) is 1. The maximum atomic E-state index is 14.1. The van der Waals surface area contributed by atoms with Gasteiger partial charge in [-0.2, -0.15) is 18.1 Å². The Kier molecular flexibility index (Phi) is 5.56. The lowest BCUT2D eigenvalue weighted by Gasteiger charge is -2.21. The fraction of sp³-hybridized carbons (Fsp3) is 0.263. The van der Waals surface area contributed by atoms with E-state index in [1.807, 2.05) is 16.4 Å². The Labute approximate surface area is 172 Å². The predicted octanol–water partition coefficient (Wildman–Crippen LogP) is 3.35. The monoisotopic (exact) mass is 439 g/mol. The summed E-state index contributed by atoms with van der Waals surface area (Å²) in [5.41, 5.74) is 7.38. The van der Waals surface area contributed by atoms with Crippen LogP contribution in [0.4, 0.5) is 17.6 Å². The average Bonchev–Trinajstić information content (AvgIpc) is 2.96. The van der Waals surface area contributed by atoms with Crippen LogP contribution in [0.25, 0.3) is 0 Å². The van der Waals surface area contributed by atoms with Crippen LogP contribution in [0.3, 0.4) is 0 Å². The molecule has 0 aliphatic carbocycles. The van der Waals surface area contributed by atoms with Gasteiger partial charge in [0.25, 0.3) is 0 Å². The molecule has 6 nitrogen and oxygen atoms in total. The molecule has 1 unspecified atom stereocenters. The molecule has 2 N–H and O–H groups in total. The highest BCUT2D eigenvalue weighted by Gasteiger charge is 2.27. The summed E-state index contributed by atoms with van der Waals surface area (Å²) in [6.45, 7) is 2.15. The number of amidine groups is 1. The molecule has 0 saturated heterocycles. The molecule has 2 aromatic rings. The van der Waals surface area contributed by atoms with Gasteiger partial charge in [-0.3, -0.25) is 0 Å². The summed E-state index contributed by atoms with van der Waals surface area (Å²) in [6, 6.07) is 7.53. The molecule has 30 heavy (non-hydrogen) atoms. The molecule has 2 aliphatic rings. The smallest absolute Gasteiger partial charge is 0.334 e. The van der Waals surface area contributed by atoms with Crippen molar-refractivity contribution >= 4 is 23.0 Å². The normalized spacial score (nSPS) is 19.3. The summed E-state index contributed by atoms with van der Waals surface area (Å²) in [5.74, 6) is -7.91. The molecular weight excluding hydrogens is 422 g/mol. The number of rotatable bonds is 2. The van der Waals surface area contributed by atoms with Crippen LogP contribution >= 0.6 is 0 Å². The zero-order valence-electron chi connectivity index (χ0n) is 15.8. The lowest BCUT2D eigenvalue weighted by Crippen LogP contribution is -2.32. The Morgan fingerprint density at radius 2 is 1.53 bits per heavy atom. The highest BCUT2D eigenvalue weighted by Crippen LogP contribution is 2.30. The predicted molar refractivity (Wildman–Crippen MR) is 106 cm³/mol. The molecule has 0 amide bonds. The Bertz CT molecular complexity index is 1060. The maximum Gasteiger partial charge on any atom is 0.334 e. The first-order chi connectivity index (χ1) is 14.3. The quantitative estimate of drug-likeness (QED) is 0.576. The van der Waals surface area contributed by atoms with Crippen LogP contribution < -0.4 is 10.5 Å². The van der Waals surface area contributed by atoms with E-state index in [4.69, 9.17) is 10.5 Å². The SMILES string of the molecule is Cc1c(F)c(F)c(OC2=NS(N3CCc4ccccc4CC3)=NC(N)=N2)c(F)c1F. The molecule has 1 atom stereocenters. The van der Waals surface area contributed by atoms with E-state index in [2.05, 4.69) is 25.9 Å². The first-order valence-electron chi connectivity index (χ1n) is 9.06. The van der Waals surface area contributed by atoms with Gasteiger partial charge >= 0.3 is 6.02 Å². The van der Waals surface area contributed by atoms with Crippen LogP contribution in [0.1, 0.15) is 16.7 Å². The molecule has 0 bridgehead atoms. The van der Waals surface area contributed by atoms with Gasteiger partial charge in [0, 0.05) is 18.7 Å². The Morgan fingerprint density at radius 3 is 2.10 bits per heavy atom. The van der Waals surface area contributed by atoms with Gasteiger partial charge in [-0.15, -0.1) is 4.40 Å². The van der Waals surface area contributed by atoms with E-state index in [0.717, 1.165) is 19.8 Å². The number of fused-ring (bicyclic) bond motifs is 1. The van der Waals surface area contributed by atoms with Crippen LogP contribution in [-0.2, 0) is 23.9 Å². The fourth-order valence-corrected chi connectivity index (χ4v) is 4.39. The minimum atomic E-state index is -1.67. The molecule has 0 spiro atoms. The van der Waals surface area contributed by atoms with Gasteiger partial charge < -0.3 is 10.5 Å². The molecule has 2 heterocycles. The number of nitrogens with zero attached hydrogens (tertiary/aromatic N) is 4. The van der Waals surface area contributed by atoms with E-state index >= 15 is 0 Å². The molecule has 0 saturated carbocycles. The number of hydrogen-bond acceptors (Lipinski definition) is 6. The average molecular weight is 439 g/mol. The Morgan fingerprint density at radius 1 is 0.967 bits per heavy atom. The molecule has 158 valence electrons. The fourth-order valence-electron chi connectivity index (χ4n) is 3.18. The van der Waals surface area contributed by atoms with Crippen molar-refractivity contribution in [2.75, 3.05) is 13.1 Å². The van der Waals surface area contributed by atoms with Crippen molar-refractivity contribution in [2.24, 2.45) is 19.5 Å². The highest BCUT2D eigenvalue weighted by atomic mass is 32.2. The second-order valence-electron chi connectivity index (χ2n) is 6.69. The zero-order valence-corrected chi connectivity index (χ0v) is 16.6. The van der Waals surface area contributed by atoms with E-state index in [9.17, 15) is 17.6 Å². The van der Waals surface area contributed by atoms with Crippen LogP contribution in [0.2, 0.25) is 0 Å². The van der Waals surface area contributed by atoms with Gasteiger partial charge in [0.05, 0.1) is 0 Å². The number of halogens is 4. The molecule has 0 aromatic heterocycles. The summed E-state index contributed by atoms with van der Waals surface area (Å²) >= 11 is -1.16. The maximum absolute atomic E-state index is 14.1. The number of ether oxygens (including phenoxy) is 1. The minimum Gasteiger partial charge on any atom is -0.417 e. The third-order valence-electron chi connectivity index (χ3n) is 4.79. The molecule has 2 aromatic carbocycles. The first-order valence-corrected chi connectivity index (χ1v) is 10.2. The number of aliphatic imine (C=N–C) groups is 1. The van der Waals surface area contributed by atoms with Crippen molar-refractivity contribution in [3.63, 3.8) is 0 Å². The minimum absolute atomic E-state index is 0.209. The number of hydrogen-bond donors (Lipinski definition) is 1. The molecule has 0 fully saturated rings. The first kappa shape index (κ1) is 20.5. The second kappa shape index (κ2) is 8.15. The zero-order chi connectivity index (χ0) is 21.4. The number of guanidine groups is 1. The summed E-state index contributed by atoms with van der Waals surface area (Å²) in [4.78, 5) is 3.71. The van der Waals surface area contributed by atoms with Crippen molar-refractivity contribution in [3.8, 4) is 5.75 Å². The Hall–Kier alpha value is -2.79. The van der Waals surface area contributed by atoms with Crippen molar-refractivity contribution in [3.05, 3.63) is 64.2 Å². The summed E-state index contributed by atoms with van der Waals surface area (Å²) in [5, 5.41) is 0. The highest BCUT2D eigenvalue weighted by molar-refractivity contribution is 7.84. The van der Waals surface area contributed by atoms with Crippen molar-refractivity contribution < 1.29 is 22.3 Å². The van der Waals surface area contributed by atoms with E-state index in [-0.39, 0.29) is 5.96 Å². The van der Waals surface area contributed by atoms with Crippen LogP contribution in [0.5, 0.6) is 5.75 Å². The van der Waals surface area contributed by atoms with E-state index in [0.29, 0.717) is 13.1 Å². The van der Waals surface area contributed by atoms with Gasteiger partial charge in [0.1, 0.15) is 11.1 Å². The summed E-state index contributed by atoms with van der Waals surface area (Å²) < 4.78 is 71.2. The number of benzene rings is 2. The molecule has 11 heteroatoms. The molecular formula is C19H17F4N5OS. The van der Waals surface area contributed by atoms with Gasteiger partial charge in [-0.05, 0) is 30.9 Å². The van der Waals surface area contributed by atoms with Crippen molar-refractivity contribution in [1.29, 1.82) is 0 Å². The standard InChI is InChI=1S/C19H17F4N5OS/c1-10-13(20)15(22)17(16(23)14(10)21)29-19-25-18(24)26-30(27-19)28-8-6-11-4-2-3-5-12(11)7-9-28/h2-5H,6-9H2,1H3,(H2,24,25,26,27). The summed E-state index contributed by atoms with van der Waals surface area (Å²) in [7, 11) is 0. The molecule has 0 radical (unpaired) electrons. The van der Waals surface area contributed by atoms with Crippen LogP contribution in [-0.4, -0.2) is 29.4 Å². The van der Waals surface area contributed by atoms with E-state index < -0.39 is 51.7 Å². The molecule has 2 aliphatic heterocycles. The van der Waals surface area contributed by atoms with E-state index in [1.54, 1.807) is 0 Å². The van der Waals surface area contributed by atoms with Gasteiger partial charge in [-0.25, -0.2) is 13.1 Å². The summed E-state index contributed by atoms with van der Waals surface area (Å²) in [6.07, 6.45) is 1.52. The lowest BCUT2D eigenvalue weighted by atomic mass is 10.0. The Balaban J connectivity index is 1.61. The second-order valence-corrected chi connectivity index (χ2v) is 8.06. The molecule has 4 rings (SSSR count).